The molecule has 1 aliphatic heterocycles. The van der Waals surface area contributed by atoms with Crippen LogP contribution in [0.3, 0.4) is 0 Å². The van der Waals surface area contributed by atoms with Gasteiger partial charge < -0.3 is 4.72 Å². The molecule has 2 nitrogen and oxygen atoms in total. The fraction of sp³-hybridized carbons (Fsp3) is 0.0588. The second kappa shape index (κ2) is 4.85. The molecule has 98 valence electrons. The van der Waals surface area contributed by atoms with Gasteiger partial charge in [-0.25, -0.2) is 4.72 Å². The lowest BCUT2D eigenvalue weighted by Crippen LogP contribution is -2.15. The van der Waals surface area contributed by atoms with Gasteiger partial charge in [0.1, 0.15) is 0 Å². The van der Waals surface area contributed by atoms with Gasteiger partial charge in [-0.15, -0.1) is 0 Å². The Kier molecular flexibility index (Phi) is 2.87. The first kappa shape index (κ1) is 11.8. The van der Waals surface area contributed by atoms with E-state index in [1.165, 1.54) is 33.2 Å². The molecule has 1 heterocycles. The highest BCUT2D eigenvalue weighted by Gasteiger charge is 2.13. The molecule has 0 amide bonds. The molecule has 0 unspecified atom stereocenters. The highest BCUT2D eigenvalue weighted by Crippen LogP contribution is 2.35. The molecule has 3 heteroatoms. The third-order valence-corrected chi connectivity index (χ3v) is 4.29. The molecule has 0 saturated heterocycles. The van der Waals surface area contributed by atoms with E-state index in [9.17, 15) is 0 Å². The van der Waals surface area contributed by atoms with Crippen molar-refractivity contribution in [1.29, 1.82) is 0 Å². The number of fused-ring (bicyclic) bond motifs is 2. The van der Waals surface area contributed by atoms with Gasteiger partial charge in [0.15, 0.2) is 0 Å². The van der Waals surface area contributed by atoms with Crippen LogP contribution < -0.4 is 9.44 Å². The van der Waals surface area contributed by atoms with Crippen LogP contribution in [0.4, 0.5) is 5.69 Å². The number of rotatable bonds is 1. The molecule has 4 rings (SSSR count). The second-order valence-electron chi connectivity index (χ2n) is 4.93. The average Bonchev–Trinajstić information content (AvgIpc) is 2.54. The summed E-state index contributed by atoms with van der Waals surface area (Å²) in [5, 5.41) is 2.56. The maximum atomic E-state index is 3.38. The zero-order valence-electron chi connectivity index (χ0n) is 10.9. The number of hydrogen-bond donors (Lipinski definition) is 2. The maximum absolute atomic E-state index is 3.38. The van der Waals surface area contributed by atoms with Crippen molar-refractivity contribution in [1.82, 2.24) is 4.72 Å². The van der Waals surface area contributed by atoms with Crippen molar-refractivity contribution >= 4 is 28.6 Å². The van der Waals surface area contributed by atoms with Crippen molar-refractivity contribution < 1.29 is 0 Å². The van der Waals surface area contributed by atoms with Crippen molar-refractivity contribution in [3.05, 3.63) is 66.2 Å². The molecule has 0 spiro atoms. The highest BCUT2D eigenvalue weighted by molar-refractivity contribution is 7.98. The van der Waals surface area contributed by atoms with E-state index in [1.807, 2.05) is 0 Å². The Morgan fingerprint density at radius 1 is 0.850 bits per heavy atom. The van der Waals surface area contributed by atoms with Gasteiger partial charge in [-0.3, -0.25) is 0 Å². The minimum absolute atomic E-state index is 0.897. The lowest BCUT2D eigenvalue weighted by molar-refractivity contribution is 0.970. The molecule has 1 aliphatic rings. The standard InChI is InChI=1S/C17H14N2S/c1-2-5-13-10-14(9-8-12(13)4-1)16-7-3-6-15-11-18-20-19-17(15)16/h1-10,18-19H,11H2. The van der Waals surface area contributed by atoms with Crippen LogP contribution in [0.25, 0.3) is 21.9 Å². The van der Waals surface area contributed by atoms with Gasteiger partial charge in [0, 0.05) is 24.2 Å². The van der Waals surface area contributed by atoms with Gasteiger partial charge in [0.2, 0.25) is 0 Å². The molecule has 3 aromatic carbocycles. The molecule has 0 aliphatic carbocycles. The molecule has 0 radical (unpaired) electrons. The summed E-state index contributed by atoms with van der Waals surface area (Å²) < 4.78 is 6.64. The summed E-state index contributed by atoms with van der Waals surface area (Å²) in [6, 6.07) is 21.6. The number of para-hydroxylation sites is 1. The van der Waals surface area contributed by atoms with Crippen molar-refractivity contribution in [2.24, 2.45) is 0 Å². The van der Waals surface area contributed by atoms with E-state index in [0.717, 1.165) is 6.54 Å². The predicted molar refractivity (Wildman–Crippen MR) is 87.4 cm³/mol. The second-order valence-corrected chi connectivity index (χ2v) is 5.62. The van der Waals surface area contributed by atoms with E-state index in [4.69, 9.17) is 0 Å². The van der Waals surface area contributed by atoms with Crippen LogP contribution in [-0.2, 0) is 6.54 Å². The van der Waals surface area contributed by atoms with Crippen LogP contribution in [0.1, 0.15) is 5.56 Å². The number of benzene rings is 3. The quantitative estimate of drug-likeness (QED) is 0.637. The van der Waals surface area contributed by atoms with Gasteiger partial charge in [-0.05, 0) is 28.0 Å². The lowest BCUT2D eigenvalue weighted by Gasteiger charge is -2.21. The molecule has 0 fully saturated rings. The third kappa shape index (κ3) is 1.96. The first-order chi connectivity index (χ1) is 9.92. The SMILES string of the molecule is c1cc2c(c(-c3ccc4ccccc4c3)c1)NSNC2. The Balaban J connectivity index is 1.90. The molecular weight excluding hydrogens is 264 g/mol. The van der Waals surface area contributed by atoms with Crippen molar-refractivity contribution in [3.8, 4) is 11.1 Å². The average molecular weight is 278 g/mol. The van der Waals surface area contributed by atoms with E-state index in [0.29, 0.717) is 0 Å². The number of nitrogens with one attached hydrogen (secondary N) is 2. The molecule has 0 saturated carbocycles. The monoisotopic (exact) mass is 278 g/mol. The number of anilines is 1. The Morgan fingerprint density at radius 3 is 2.70 bits per heavy atom. The Morgan fingerprint density at radius 2 is 1.75 bits per heavy atom. The molecule has 0 bridgehead atoms. The van der Waals surface area contributed by atoms with Crippen LogP contribution in [0.2, 0.25) is 0 Å². The van der Waals surface area contributed by atoms with E-state index < -0.39 is 0 Å². The smallest absolute Gasteiger partial charge is 0.0575 e. The van der Waals surface area contributed by atoms with E-state index in [2.05, 4.69) is 70.1 Å². The summed E-state index contributed by atoms with van der Waals surface area (Å²) >= 11 is 1.55. The summed E-state index contributed by atoms with van der Waals surface area (Å²) in [5.41, 5.74) is 5.07. The summed E-state index contributed by atoms with van der Waals surface area (Å²) in [5.74, 6) is 0. The minimum atomic E-state index is 0.897. The molecular formula is C17H14N2S. The van der Waals surface area contributed by atoms with Crippen molar-refractivity contribution in [3.63, 3.8) is 0 Å². The van der Waals surface area contributed by atoms with Crippen molar-refractivity contribution in [2.45, 2.75) is 6.54 Å². The van der Waals surface area contributed by atoms with E-state index >= 15 is 0 Å². The normalized spacial score (nSPS) is 13.8. The zero-order chi connectivity index (χ0) is 13.4. The Labute approximate surface area is 122 Å². The zero-order valence-corrected chi connectivity index (χ0v) is 11.7. The Bertz CT molecular complexity index is 783. The van der Waals surface area contributed by atoms with Crippen LogP contribution in [0.15, 0.2) is 60.7 Å². The third-order valence-electron chi connectivity index (χ3n) is 3.70. The van der Waals surface area contributed by atoms with Crippen LogP contribution in [0.5, 0.6) is 0 Å². The van der Waals surface area contributed by atoms with Gasteiger partial charge >= 0.3 is 0 Å². The van der Waals surface area contributed by atoms with Gasteiger partial charge in [0.25, 0.3) is 0 Å². The molecule has 0 aromatic heterocycles. The van der Waals surface area contributed by atoms with E-state index in [1.54, 1.807) is 12.1 Å². The highest BCUT2D eigenvalue weighted by atomic mass is 32.2. The molecule has 2 N–H and O–H groups in total. The minimum Gasteiger partial charge on any atom is -0.316 e. The van der Waals surface area contributed by atoms with E-state index in [-0.39, 0.29) is 0 Å². The summed E-state index contributed by atoms with van der Waals surface area (Å²) in [6.07, 6.45) is 0. The predicted octanol–water partition coefficient (Wildman–Crippen LogP) is 4.59. The first-order valence-corrected chi connectivity index (χ1v) is 7.49. The Hall–Kier alpha value is -1.97. The molecule has 0 atom stereocenters. The van der Waals surface area contributed by atoms with Gasteiger partial charge in [-0.1, -0.05) is 54.6 Å². The largest absolute Gasteiger partial charge is 0.316 e. The topological polar surface area (TPSA) is 24.1 Å². The fourth-order valence-corrected chi connectivity index (χ4v) is 3.31. The van der Waals surface area contributed by atoms with Crippen molar-refractivity contribution in [2.75, 3.05) is 4.72 Å². The fourth-order valence-electron chi connectivity index (χ4n) is 2.67. The number of hydrogen-bond acceptors (Lipinski definition) is 3. The molecule has 20 heavy (non-hydrogen) atoms. The van der Waals surface area contributed by atoms with Crippen LogP contribution in [-0.4, -0.2) is 0 Å². The first-order valence-electron chi connectivity index (χ1n) is 6.67. The maximum Gasteiger partial charge on any atom is 0.0575 e. The van der Waals surface area contributed by atoms with Crippen LogP contribution >= 0.6 is 12.1 Å². The summed E-state index contributed by atoms with van der Waals surface area (Å²) in [6.45, 7) is 0.897. The van der Waals surface area contributed by atoms with Gasteiger partial charge in [0.05, 0.1) is 5.69 Å². The summed E-state index contributed by atoms with van der Waals surface area (Å²) in [4.78, 5) is 0. The summed E-state index contributed by atoms with van der Waals surface area (Å²) in [7, 11) is 0. The van der Waals surface area contributed by atoms with Crippen LogP contribution in [0, 0.1) is 0 Å². The molecule has 3 aromatic rings. The van der Waals surface area contributed by atoms with Gasteiger partial charge in [-0.2, -0.15) is 0 Å². The lowest BCUT2D eigenvalue weighted by atomic mass is 9.98.